The number of nitrogens with zero attached hydrogens (tertiary/aromatic N) is 2. The van der Waals surface area contributed by atoms with E-state index >= 15 is 0 Å². The van der Waals surface area contributed by atoms with E-state index in [-0.39, 0.29) is 12.0 Å². The van der Waals surface area contributed by atoms with E-state index in [1.54, 1.807) is 19.2 Å². The van der Waals surface area contributed by atoms with Crippen LogP contribution in [0.1, 0.15) is 30.3 Å². The van der Waals surface area contributed by atoms with E-state index in [0.29, 0.717) is 24.0 Å². The molecule has 2 heterocycles. The van der Waals surface area contributed by atoms with E-state index in [2.05, 4.69) is 27.8 Å². The third-order valence-electron chi connectivity index (χ3n) is 3.43. The second-order valence-electron chi connectivity index (χ2n) is 4.63. The van der Waals surface area contributed by atoms with Crippen molar-refractivity contribution in [1.82, 2.24) is 15.5 Å². The highest BCUT2D eigenvalue weighted by Crippen LogP contribution is 2.22. The van der Waals surface area contributed by atoms with Crippen LogP contribution < -0.4 is 10.6 Å². The molecule has 0 saturated carbocycles. The molecule has 2 N–H and O–H groups in total. The van der Waals surface area contributed by atoms with Gasteiger partial charge in [-0.2, -0.15) is 0 Å². The summed E-state index contributed by atoms with van der Waals surface area (Å²) in [6.45, 7) is 3.52. The lowest BCUT2D eigenvalue weighted by atomic mass is 10.00. The number of carbonyl (C=O) groups excluding carboxylic acids is 1. The van der Waals surface area contributed by atoms with Crippen LogP contribution in [0.2, 0.25) is 0 Å². The van der Waals surface area contributed by atoms with Crippen LogP contribution in [0.25, 0.3) is 0 Å². The summed E-state index contributed by atoms with van der Waals surface area (Å²) in [5.74, 6) is 0.863. The standard InChI is InChI=1S/C13H20N4O2/c1-3-11-9(6-7-19-11)8-15-13(18)10-4-5-12(14-2)17-16-10/h4-5,9,11H,3,6-8H2,1-2H3,(H,14,17)(H,15,18). The van der Waals surface area contributed by atoms with Crippen LogP contribution >= 0.6 is 0 Å². The lowest BCUT2D eigenvalue weighted by Crippen LogP contribution is -2.33. The van der Waals surface area contributed by atoms with E-state index in [1.807, 2.05) is 0 Å². The first-order chi connectivity index (χ1) is 9.24. The van der Waals surface area contributed by atoms with Gasteiger partial charge < -0.3 is 15.4 Å². The van der Waals surface area contributed by atoms with E-state index < -0.39 is 0 Å². The minimum Gasteiger partial charge on any atom is -0.378 e. The molecule has 6 nitrogen and oxygen atoms in total. The number of aromatic nitrogens is 2. The molecule has 2 rings (SSSR count). The summed E-state index contributed by atoms with van der Waals surface area (Å²) < 4.78 is 5.60. The summed E-state index contributed by atoms with van der Waals surface area (Å²) >= 11 is 0. The SMILES string of the molecule is CCC1OCCC1CNC(=O)c1ccc(NC)nn1. The van der Waals surface area contributed by atoms with Gasteiger partial charge in [0.15, 0.2) is 5.69 Å². The zero-order valence-electron chi connectivity index (χ0n) is 11.3. The van der Waals surface area contributed by atoms with Gasteiger partial charge in [0.05, 0.1) is 6.10 Å². The third-order valence-corrected chi connectivity index (χ3v) is 3.43. The smallest absolute Gasteiger partial charge is 0.271 e. The number of hydrogen-bond acceptors (Lipinski definition) is 5. The maximum absolute atomic E-state index is 11.9. The van der Waals surface area contributed by atoms with Crippen molar-refractivity contribution < 1.29 is 9.53 Å². The van der Waals surface area contributed by atoms with Crippen LogP contribution in [-0.2, 0) is 4.74 Å². The number of hydrogen-bond donors (Lipinski definition) is 2. The van der Waals surface area contributed by atoms with E-state index in [4.69, 9.17) is 4.74 Å². The van der Waals surface area contributed by atoms with Gasteiger partial charge in [0.2, 0.25) is 0 Å². The number of anilines is 1. The first-order valence-corrected chi connectivity index (χ1v) is 6.66. The summed E-state index contributed by atoms with van der Waals surface area (Å²) in [5, 5.41) is 13.5. The minimum atomic E-state index is -0.183. The van der Waals surface area contributed by atoms with Crippen molar-refractivity contribution in [3.63, 3.8) is 0 Å². The third kappa shape index (κ3) is 3.41. The Morgan fingerprint density at radius 2 is 2.32 bits per heavy atom. The Labute approximate surface area is 112 Å². The van der Waals surface area contributed by atoms with Crippen LogP contribution in [0.4, 0.5) is 5.82 Å². The number of nitrogens with one attached hydrogen (secondary N) is 2. The van der Waals surface area contributed by atoms with Crippen molar-refractivity contribution in [2.75, 3.05) is 25.5 Å². The molecule has 0 spiro atoms. The highest BCUT2D eigenvalue weighted by Gasteiger charge is 2.27. The fourth-order valence-electron chi connectivity index (χ4n) is 2.28. The molecule has 1 aromatic rings. The fourth-order valence-corrected chi connectivity index (χ4v) is 2.28. The van der Waals surface area contributed by atoms with Gasteiger partial charge in [0.1, 0.15) is 5.82 Å². The molecule has 1 aliphatic rings. The second kappa shape index (κ2) is 6.47. The van der Waals surface area contributed by atoms with Gasteiger partial charge in [-0.1, -0.05) is 6.92 Å². The van der Waals surface area contributed by atoms with Crippen LogP contribution in [-0.4, -0.2) is 42.4 Å². The van der Waals surface area contributed by atoms with Crippen LogP contribution in [0.15, 0.2) is 12.1 Å². The molecule has 1 aromatic heterocycles. The molecule has 6 heteroatoms. The van der Waals surface area contributed by atoms with Gasteiger partial charge in [-0.05, 0) is 25.0 Å². The molecular formula is C13H20N4O2. The van der Waals surface area contributed by atoms with Crippen molar-refractivity contribution in [3.8, 4) is 0 Å². The van der Waals surface area contributed by atoms with E-state index in [1.165, 1.54) is 0 Å². The van der Waals surface area contributed by atoms with Gasteiger partial charge in [-0.3, -0.25) is 4.79 Å². The number of carbonyl (C=O) groups is 1. The zero-order chi connectivity index (χ0) is 13.7. The topological polar surface area (TPSA) is 76.1 Å². The summed E-state index contributed by atoms with van der Waals surface area (Å²) in [7, 11) is 1.76. The van der Waals surface area contributed by atoms with E-state index in [0.717, 1.165) is 19.4 Å². The number of rotatable bonds is 5. The monoisotopic (exact) mass is 264 g/mol. The number of ether oxygens (including phenoxy) is 1. The van der Waals surface area contributed by atoms with Crippen molar-refractivity contribution >= 4 is 11.7 Å². The van der Waals surface area contributed by atoms with Crippen molar-refractivity contribution in [1.29, 1.82) is 0 Å². The van der Waals surface area contributed by atoms with Gasteiger partial charge >= 0.3 is 0 Å². The number of amides is 1. The lowest BCUT2D eigenvalue weighted by Gasteiger charge is -2.16. The molecule has 104 valence electrons. The summed E-state index contributed by atoms with van der Waals surface area (Å²) in [5.41, 5.74) is 0.339. The Balaban J connectivity index is 1.86. The van der Waals surface area contributed by atoms with Crippen LogP contribution in [0.5, 0.6) is 0 Å². The minimum absolute atomic E-state index is 0.183. The lowest BCUT2D eigenvalue weighted by molar-refractivity contribution is 0.0824. The Bertz CT molecular complexity index is 421. The molecule has 19 heavy (non-hydrogen) atoms. The normalized spacial score (nSPS) is 22.2. The van der Waals surface area contributed by atoms with Crippen LogP contribution in [0.3, 0.4) is 0 Å². The predicted molar refractivity (Wildman–Crippen MR) is 72.0 cm³/mol. The largest absolute Gasteiger partial charge is 0.378 e. The zero-order valence-corrected chi connectivity index (χ0v) is 11.3. The van der Waals surface area contributed by atoms with Crippen molar-refractivity contribution in [2.45, 2.75) is 25.9 Å². The van der Waals surface area contributed by atoms with Crippen LogP contribution in [0, 0.1) is 5.92 Å². The second-order valence-corrected chi connectivity index (χ2v) is 4.63. The molecule has 1 amide bonds. The van der Waals surface area contributed by atoms with Gasteiger partial charge in [-0.15, -0.1) is 10.2 Å². The summed E-state index contributed by atoms with van der Waals surface area (Å²) in [6, 6.07) is 3.39. The summed E-state index contributed by atoms with van der Waals surface area (Å²) in [6.07, 6.45) is 2.25. The van der Waals surface area contributed by atoms with Crippen molar-refractivity contribution in [2.24, 2.45) is 5.92 Å². The van der Waals surface area contributed by atoms with Gasteiger partial charge in [0.25, 0.3) is 5.91 Å². The first kappa shape index (κ1) is 13.7. The Hall–Kier alpha value is -1.69. The predicted octanol–water partition coefficient (Wildman–Crippen LogP) is 1.06. The molecular weight excluding hydrogens is 244 g/mol. The highest BCUT2D eigenvalue weighted by atomic mass is 16.5. The Morgan fingerprint density at radius 1 is 1.47 bits per heavy atom. The average molecular weight is 264 g/mol. The molecule has 0 bridgehead atoms. The Kier molecular flexibility index (Phi) is 4.68. The van der Waals surface area contributed by atoms with Gasteiger partial charge in [-0.25, -0.2) is 0 Å². The molecule has 1 aliphatic heterocycles. The fraction of sp³-hybridized carbons (Fsp3) is 0.615. The molecule has 1 fully saturated rings. The molecule has 2 unspecified atom stereocenters. The average Bonchev–Trinajstić information content (AvgIpc) is 2.92. The molecule has 0 aromatic carbocycles. The maximum Gasteiger partial charge on any atom is 0.271 e. The molecule has 0 radical (unpaired) electrons. The maximum atomic E-state index is 11.9. The quantitative estimate of drug-likeness (QED) is 0.831. The molecule has 1 saturated heterocycles. The van der Waals surface area contributed by atoms with Crippen molar-refractivity contribution in [3.05, 3.63) is 17.8 Å². The molecule has 0 aliphatic carbocycles. The molecule has 2 atom stereocenters. The van der Waals surface area contributed by atoms with E-state index in [9.17, 15) is 4.79 Å². The first-order valence-electron chi connectivity index (χ1n) is 6.66. The summed E-state index contributed by atoms with van der Waals surface area (Å²) in [4.78, 5) is 11.9. The van der Waals surface area contributed by atoms with Gasteiger partial charge in [0, 0.05) is 26.1 Å². The highest BCUT2D eigenvalue weighted by molar-refractivity contribution is 5.92. The Morgan fingerprint density at radius 3 is 2.95 bits per heavy atom.